The van der Waals surface area contributed by atoms with Crippen molar-refractivity contribution < 1.29 is 9.53 Å². The molecule has 0 aromatic heterocycles. The van der Waals surface area contributed by atoms with E-state index < -0.39 is 0 Å². The van der Waals surface area contributed by atoms with Gasteiger partial charge >= 0.3 is 5.97 Å². The van der Waals surface area contributed by atoms with Crippen LogP contribution in [0, 0.1) is 11.3 Å². The molecule has 1 spiro atoms. The minimum absolute atomic E-state index is 0.0853. The Kier molecular flexibility index (Phi) is 3.98. The summed E-state index contributed by atoms with van der Waals surface area (Å²) in [5.74, 6) is 1.48. The SMILES string of the molecule is CCOC(=O)[C@@H]1CS[C@]2(C[C@H](C)CC(C)(C)C2)N1. The number of esters is 1. The van der Waals surface area contributed by atoms with E-state index in [-0.39, 0.29) is 16.9 Å². The van der Waals surface area contributed by atoms with Crippen LogP contribution in [0.1, 0.15) is 47.0 Å². The molecule has 2 rings (SSSR count). The van der Waals surface area contributed by atoms with Crippen molar-refractivity contribution in [3.05, 3.63) is 0 Å². The van der Waals surface area contributed by atoms with Gasteiger partial charge in [0.1, 0.15) is 6.04 Å². The molecule has 1 saturated heterocycles. The lowest BCUT2D eigenvalue weighted by Crippen LogP contribution is -2.51. The Balaban J connectivity index is 2.03. The van der Waals surface area contributed by atoms with Crippen LogP contribution in [0.5, 0.6) is 0 Å². The lowest BCUT2D eigenvalue weighted by Gasteiger charge is -2.45. The predicted molar refractivity (Wildman–Crippen MR) is 75.5 cm³/mol. The third kappa shape index (κ3) is 3.02. The van der Waals surface area contributed by atoms with Gasteiger partial charge in [-0.1, -0.05) is 20.8 Å². The van der Waals surface area contributed by atoms with E-state index in [9.17, 15) is 4.79 Å². The van der Waals surface area contributed by atoms with Gasteiger partial charge in [0.15, 0.2) is 0 Å². The van der Waals surface area contributed by atoms with E-state index in [2.05, 4.69) is 26.1 Å². The summed E-state index contributed by atoms with van der Waals surface area (Å²) in [7, 11) is 0. The van der Waals surface area contributed by atoms with Crippen molar-refractivity contribution in [1.29, 1.82) is 0 Å². The van der Waals surface area contributed by atoms with Gasteiger partial charge in [0.25, 0.3) is 0 Å². The molecule has 0 aromatic carbocycles. The molecule has 18 heavy (non-hydrogen) atoms. The molecule has 3 atom stereocenters. The molecule has 0 amide bonds. The normalized spacial score (nSPS) is 38.9. The molecule has 1 saturated carbocycles. The molecule has 1 aliphatic heterocycles. The zero-order chi connectivity index (χ0) is 13.4. The van der Waals surface area contributed by atoms with Gasteiger partial charge in [0, 0.05) is 5.75 Å². The van der Waals surface area contributed by atoms with Gasteiger partial charge < -0.3 is 4.74 Å². The second-order valence-corrected chi connectivity index (χ2v) is 8.01. The molecule has 0 radical (unpaired) electrons. The third-order valence-corrected chi connectivity index (χ3v) is 5.36. The van der Waals surface area contributed by atoms with Crippen molar-refractivity contribution in [2.75, 3.05) is 12.4 Å². The van der Waals surface area contributed by atoms with E-state index in [1.165, 1.54) is 6.42 Å². The summed E-state index contributed by atoms with van der Waals surface area (Å²) in [5, 5.41) is 3.57. The summed E-state index contributed by atoms with van der Waals surface area (Å²) in [6.45, 7) is 9.33. The predicted octanol–water partition coefficient (Wildman–Crippen LogP) is 2.80. The quantitative estimate of drug-likeness (QED) is 0.784. The highest BCUT2D eigenvalue weighted by atomic mass is 32.2. The molecule has 4 heteroatoms. The van der Waals surface area contributed by atoms with Crippen molar-refractivity contribution >= 4 is 17.7 Å². The van der Waals surface area contributed by atoms with Crippen LogP contribution in [-0.2, 0) is 9.53 Å². The zero-order valence-electron chi connectivity index (χ0n) is 11.9. The fourth-order valence-electron chi connectivity index (χ4n) is 3.73. The Labute approximate surface area is 114 Å². The van der Waals surface area contributed by atoms with Gasteiger partial charge in [-0.25, -0.2) is 0 Å². The summed E-state index contributed by atoms with van der Waals surface area (Å²) in [6, 6.07) is -0.115. The number of rotatable bonds is 2. The first-order valence-corrected chi connectivity index (χ1v) is 7.93. The Morgan fingerprint density at radius 2 is 2.17 bits per heavy atom. The highest BCUT2D eigenvalue weighted by molar-refractivity contribution is 8.01. The van der Waals surface area contributed by atoms with Gasteiger partial charge in [0.2, 0.25) is 0 Å². The molecule has 1 N–H and O–H groups in total. The number of thioether (sulfide) groups is 1. The van der Waals surface area contributed by atoms with Crippen molar-refractivity contribution in [2.24, 2.45) is 11.3 Å². The molecular formula is C14H25NO2S. The van der Waals surface area contributed by atoms with Crippen molar-refractivity contribution in [3.63, 3.8) is 0 Å². The first-order valence-electron chi connectivity index (χ1n) is 6.94. The van der Waals surface area contributed by atoms with Crippen LogP contribution in [0.25, 0.3) is 0 Å². The third-order valence-electron chi connectivity index (χ3n) is 3.88. The smallest absolute Gasteiger partial charge is 0.324 e. The molecule has 0 aromatic rings. The van der Waals surface area contributed by atoms with Gasteiger partial charge in [0.05, 0.1) is 11.5 Å². The van der Waals surface area contributed by atoms with Crippen molar-refractivity contribution in [2.45, 2.75) is 57.9 Å². The van der Waals surface area contributed by atoms with Crippen LogP contribution >= 0.6 is 11.8 Å². The lowest BCUT2D eigenvalue weighted by molar-refractivity contribution is -0.145. The van der Waals surface area contributed by atoms with E-state index >= 15 is 0 Å². The molecule has 3 nitrogen and oxygen atoms in total. The van der Waals surface area contributed by atoms with Crippen LogP contribution in [-0.4, -0.2) is 29.2 Å². The molecule has 1 heterocycles. The largest absolute Gasteiger partial charge is 0.465 e. The number of carbonyl (C=O) groups is 1. The second-order valence-electron chi connectivity index (χ2n) is 6.61. The summed E-state index contributed by atoms with van der Waals surface area (Å²) in [4.78, 5) is 11.9. The van der Waals surface area contributed by atoms with Crippen LogP contribution in [0.3, 0.4) is 0 Å². The van der Waals surface area contributed by atoms with E-state index in [1.807, 2.05) is 18.7 Å². The molecule has 0 unspecified atom stereocenters. The van der Waals surface area contributed by atoms with Gasteiger partial charge in [-0.2, -0.15) is 0 Å². The van der Waals surface area contributed by atoms with Crippen LogP contribution in [0.15, 0.2) is 0 Å². The summed E-state index contributed by atoms with van der Waals surface area (Å²) >= 11 is 1.92. The van der Waals surface area contributed by atoms with Crippen LogP contribution in [0.2, 0.25) is 0 Å². The summed E-state index contributed by atoms with van der Waals surface area (Å²) in [5.41, 5.74) is 0.362. The molecule has 0 bridgehead atoms. The highest BCUT2D eigenvalue weighted by Gasteiger charge is 2.49. The number of carbonyl (C=O) groups excluding carboxylic acids is 1. The topological polar surface area (TPSA) is 38.3 Å². The molecule has 2 fully saturated rings. The average Bonchev–Trinajstić information content (AvgIpc) is 2.58. The number of hydrogen-bond donors (Lipinski definition) is 1. The summed E-state index contributed by atoms with van der Waals surface area (Å²) < 4.78 is 5.12. The zero-order valence-corrected chi connectivity index (χ0v) is 12.7. The van der Waals surface area contributed by atoms with Gasteiger partial charge in [-0.15, -0.1) is 11.8 Å². The summed E-state index contributed by atoms with van der Waals surface area (Å²) in [6.07, 6.45) is 3.59. The van der Waals surface area contributed by atoms with Crippen LogP contribution in [0.4, 0.5) is 0 Å². The van der Waals surface area contributed by atoms with E-state index in [0.717, 1.165) is 24.5 Å². The van der Waals surface area contributed by atoms with Crippen molar-refractivity contribution in [3.8, 4) is 0 Å². The fourth-order valence-corrected chi connectivity index (χ4v) is 5.56. The average molecular weight is 271 g/mol. The van der Waals surface area contributed by atoms with Crippen molar-refractivity contribution in [1.82, 2.24) is 5.32 Å². The maximum atomic E-state index is 11.8. The number of nitrogens with one attached hydrogen (secondary N) is 1. The lowest BCUT2D eigenvalue weighted by atomic mass is 9.70. The number of hydrogen-bond acceptors (Lipinski definition) is 4. The first kappa shape index (κ1) is 14.2. The molecule has 104 valence electrons. The van der Waals surface area contributed by atoms with Crippen LogP contribution < -0.4 is 5.32 Å². The second kappa shape index (κ2) is 5.04. The Morgan fingerprint density at radius 3 is 2.78 bits per heavy atom. The number of ether oxygens (including phenoxy) is 1. The minimum Gasteiger partial charge on any atom is -0.465 e. The molecule has 2 aliphatic rings. The van der Waals surface area contributed by atoms with E-state index in [1.54, 1.807) is 0 Å². The highest BCUT2D eigenvalue weighted by Crippen LogP contribution is 2.51. The van der Waals surface area contributed by atoms with E-state index in [0.29, 0.717) is 12.0 Å². The van der Waals surface area contributed by atoms with Gasteiger partial charge in [-0.05, 0) is 37.5 Å². The standard InChI is InChI=1S/C14H25NO2S/c1-5-17-12(16)11-8-18-14(15-11)7-10(2)6-13(3,4)9-14/h10-11,15H,5-9H2,1-4H3/t10-,11+,14+/m1/s1. The monoisotopic (exact) mass is 271 g/mol. The maximum Gasteiger partial charge on any atom is 0.324 e. The Bertz CT molecular complexity index is 332. The molecular weight excluding hydrogens is 246 g/mol. The van der Waals surface area contributed by atoms with E-state index in [4.69, 9.17) is 4.74 Å². The maximum absolute atomic E-state index is 11.8. The Morgan fingerprint density at radius 1 is 1.44 bits per heavy atom. The van der Waals surface area contributed by atoms with Gasteiger partial charge in [-0.3, -0.25) is 10.1 Å². The first-order chi connectivity index (χ1) is 8.36. The minimum atomic E-state index is -0.115. The fraction of sp³-hybridized carbons (Fsp3) is 0.929. The molecule has 1 aliphatic carbocycles. The Hall–Kier alpha value is -0.220.